The minimum Gasteiger partial charge on any atom is -0.396 e. The maximum absolute atomic E-state index is 13.7. The molecule has 132 valence electrons. The van der Waals surface area contributed by atoms with Crippen LogP contribution >= 0.6 is 0 Å². The molecular formula is C18H25FN2O3. The number of aliphatic hydroxyl groups excluding tert-OH is 1. The Bertz CT molecular complexity index is 563. The number of nitrogens with one attached hydrogen (secondary N) is 1. The van der Waals surface area contributed by atoms with Crippen LogP contribution in [0.3, 0.4) is 0 Å². The van der Waals surface area contributed by atoms with E-state index >= 15 is 0 Å². The molecule has 0 unspecified atom stereocenters. The molecule has 1 amide bonds. The average Bonchev–Trinajstić information content (AvgIpc) is 3.00. The Balaban J connectivity index is 1.57. The molecule has 1 aromatic rings. The van der Waals surface area contributed by atoms with E-state index in [2.05, 4.69) is 10.2 Å². The van der Waals surface area contributed by atoms with E-state index in [4.69, 9.17) is 4.74 Å². The predicted molar refractivity (Wildman–Crippen MR) is 88.0 cm³/mol. The predicted octanol–water partition coefficient (Wildman–Crippen LogP) is 0.956. The molecule has 0 bridgehead atoms. The zero-order chi connectivity index (χ0) is 16.9. The number of ether oxygens (including phenoxy) is 1. The first-order chi connectivity index (χ1) is 11.7. The van der Waals surface area contributed by atoms with Crippen molar-refractivity contribution in [1.29, 1.82) is 0 Å². The third kappa shape index (κ3) is 4.12. The van der Waals surface area contributed by atoms with Gasteiger partial charge in [0.25, 0.3) is 0 Å². The number of rotatable bonds is 5. The summed E-state index contributed by atoms with van der Waals surface area (Å²) in [7, 11) is 0. The summed E-state index contributed by atoms with van der Waals surface area (Å²) in [5, 5.41) is 12.6. The topological polar surface area (TPSA) is 61.8 Å². The van der Waals surface area contributed by atoms with Crippen molar-refractivity contribution < 1.29 is 19.0 Å². The van der Waals surface area contributed by atoms with Crippen molar-refractivity contribution in [2.75, 3.05) is 32.9 Å². The molecule has 0 spiro atoms. The molecule has 2 atom stereocenters. The van der Waals surface area contributed by atoms with Crippen molar-refractivity contribution in [3.8, 4) is 0 Å². The Morgan fingerprint density at radius 3 is 2.75 bits per heavy atom. The summed E-state index contributed by atoms with van der Waals surface area (Å²) in [5.41, 5.74) is 0.398. The van der Waals surface area contributed by atoms with Crippen LogP contribution in [0.5, 0.6) is 0 Å². The van der Waals surface area contributed by atoms with Crippen LogP contribution in [0, 0.1) is 11.7 Å². The van der Waals surface area contributed by atoms with Gasteiger partial charge in [0.05, 0.1) is 6.42 Å². The van der Waals surface area contributed by atoms with Gasteiger partial charge in [-0.2, -0.15) is 0 Å². The van der Waals surface area contributed by atoms with Crippen molar-refractivity contribution in [2.24, 2.45) is 5.92 Å². The van der Waals surface area contributed by atoms with Crippen LogP contribution in [0.1, 0.15) is 18.4 Å². The van der Waals surface area contributed by atoms with Gasteiger partial charge in [0.15, 0.2) is 0 Å². The van der Waals surface area contributed by atoms with Gasteiger partial charge in [-0.25, -0.2) is 4.39 Å². The molecule has 2 aliphatic rings. The van der Waals surface area contributed by atoms with E-state index in [-0.39, 0.29) is 36.7 Å². The molecule has 2 aliphatic heterocycles. The Kier molecular flexibility index (Phi) is 5.81. The van der Waals surface area contributed by atoms with E-state index in [9.17, 15) is 14.3 Å². The summed E-state index contributed by atoms with van der Waals surface area (Å²) in [6, 6.07) is 6.70. The largest absolute Gasteiger partial charge is 0.396 e. The lowest BCUT2D eigenvalue weighted by Crippen LogP contribution is -2.43. The van der Waals surface area contributed by atoms with Crippen LogP contribution in [-0.2, 0) is 16.0 Å². The molecule has 0 aliphatic carbocycles. The summed E-state index contributed by atoms with van der Waals surface area (Å²) in [5.74, 6) is -0.531. The van der Waals surface area contributed by atoms with Crippen LogP contribution in [0.4, 0.5) is 4.39 Å². The number of benzene rings is 1. The number of carbonyl (C=O) groups is 1. The van der Waals surface area contributed by atoms with Gasteiger partial charge in [0, 0.05) is 50.9 Å². The summed E-state index contributed by atoms with van der Waals surface area (Å²) >= 11 is 0. The van der Waals surface area contributed by atoms with Gasteiger partial charge in [-0.15, -0.1) is 0 Å². The van der Waals surface area contributed by atoms with E-state index in [1.54, 1.807) is 18.2 Å². The molecule has 3 rings (SSSR count). The van der Waals surface area contributed by atoms with Crippen LogP contribution < -0.4 is 5.32 Å². The molecular weight excluding hydrogens is 311 g/mol. The Hall–Kier alpha value is -1.50. The lowest BCUT2D eigenvalue weighted by molar-refractivity contribution is -0.121. The first-order valence-electron chi connectivity index (χ1n) is 8.63. The van der Waals surface area contributed by atoms with E-state index < -0.39 is 0 Å². The van der Waals surface area contributed by atoms with Gasteiger partial charge in [-0.3, -0.25) is 9.69 Å². The molecule has 2 heterocycles. The lowest BCUT2D eigenvalue weighted by Gasteiger charge is -2.31. The number of hydrogen-bond acceptors (Lipinski definition) is 4. The van der Waals surface area contributed by atoms with E-state index in [1.807, 2.05) is 0 Å². The van der Waals surface area contributed by atoms with Crippen molar-refractivity contribution >= 4 is 5.91 Å². The lowest BCUT2D eigenvalue weighted by atomic mass is 10.0. The van der Waals surface area contributed by atoms with Gasteiger partial charge >= 0.3 is 0 Å². The molecule has 1 aromatic carbocycles. The van der Waals surface area contributed by atoms with Gasteiger partial charge in [0.1, 0.15) is 5.82 Å². The fourth-order valence-corrected chi connectivity index (χ4v) is 3.67. The number of carbonyl (C=O) groups excluding carboxylic acids is 1. The third-order valence-electron chi connectivity index (χ3n) is 5.07. The second-order valence-corrected chi connectivity index (χ2v) is 6.68. The summed E-state index contributed by atoms with van der Waals surface area (Å²) in [6.45, 7) is 3.11. The molecule has 24 heavy (non-hydrogen) atoms. The van der Waals surface area contributed by atoms with Crippen LogP contribution in [-0.4, -0.2) is 60.9 Å². The third-order valence-corrected chi connectivity index (χ3v) is 5.07. The minimum absolute atomic E-state index is 0.0254. The standard InChI is InChI=1S/C18H25FN2O3/c19-16-4-2-1-3-13(16)9-18(23)20-17-11-21(10-14(17)12-22)15-5-7-24-8-6-15/h1-4,14-15,17,22H,5-12H2,(H,20,23)/t14-,17+/m0/s1. The molecule has 0 aromatic heterocycles. The first-order valence-corrected chi connectivity index (χ1v) is 8.63. The van der Waals surface area contributed by atoms with Crippen molar-refractivity contribution in [1.82, 2.24) is 10.2 Å². The number of aliphatic hydroxyl groups is 1. The van der Waals surface area contributed by atoms with Crippen LogP contribution in [0.2, 0.25) is 0 Å². The fraction of sp³-hybridized carbons (Fsp3) is 0.611. The Morgan fingerprint density at radius 1 is 1.29 bits per heavy atom. The van der Waals surface area contributed by atoms with Crippen LogP contribution in [0.15, 0.2) is 24.3 Å². The summed E-state index contributed by atoms with van der Waals surface area (Å²) < 4.78 is 19.1. The number of hydrogen-bond donors (Lipinski definition) is 2. The van der Waals surface area contributed by atoms with Crippen molar-refractivity contribution in [2.45, 2.75) is 31.3 Å². The monoisotopic (exact) mass is 336 g/mol. The zero-order valence-electron chi connectivity index (χ0n) is 13.8. The van der Waals surface area contributed by atoms with Gasteiger partial charge in [-0.05, 0) is 24.5 Å². The second-order valence-electron chi connectivity index (χ2n) is 6.68. The molecule has 2 N–H and O–H groups in total. The van der Waals surface area contributed by atoms with Crippen LogP contribution in [0.25, 0.3) is 0 Å². The molecule has 0 radical (unpaired) electrons. The molecule has 2 fully saturated rings. The number of halogens is 1. The number of likely N-dealkylation sites (tertiary alicyclic amines) is 1. The summed E-state index contributed by atoms with van der Waals surface area (Å²) in [4.78, 5) is 14.6. The molecule has 2 saturated heterocycles. The second kappa shape index (κ2) is 8.05. The van der Waals surface area contributed by atoms with E-state index in [1.165, 1.54) is 6.07 Å². The van der Waals surface area contributed by atoms with E-state index in [0.29, 0.717) is 11.6 Å². The van der Waals surface area contributed by atoms with Crippen molar-refractivity contribution in [3.63, 3.8) is 0 Å². The molecule has 6 heteroatoms. The summed E-state index contributed by atoms with van der Waals surface area (Å²) in [6.07, 6.45) is 2.01. The maximum atomic E-state index is 13.7. The quantitative estimate of drug-likeness (QED) is 0.841. The maximum Gasteiger partial charge on any atom is 0.224 e. The van der Waals surface area contributed by atoms with Gasteiger partial charge < -0.3 is 15.2 Å². The Morgan fingerprint density at radius 2 is 2.04 bits per heavy atom. The average molecular weight is 336 g/mol. The normalized spacial score (nSPS) is 25.8. The smallest absolute Gasteiger partial charge is 0.224 e. The molecule has 0 saturated carbocycles. The highest BCUT2D eigenvalue weighted by Gasteiger charge is 2.36. The fourth-order valence-electron chi connectivity index (χ4n) is 3.67. The highest BCUT2D eigenvalue weighted by Crippen LogP contribution is 2.24. The molecule has 5 nitrogen and oxygen atoms in total. The number of nitrogens with zero attached hydrogens (tertiary/aromatic N) is 1. The van der Waals surface area contributed by atoms with Crippen molar-refractivity contribution in [3.05, 3.63) is 35.6 Å². The van der Waals surface area contributed by atoms with Gasteiger partial charge in [-0.1, -0.05) is 18.2 Å². The van der Waals surface area contributed by atoms with E-state index in [0.717, 1.165) is 39.1 Å². The highest BCUT2D eigenvalue weighted by molar-refractivity contribution is 5.79. The SMILES string of the molecule is O=C(Cc1ccccc1F)N[C@@H]1CN(C2CCOCC2)C[C@H]1CO. The zero-order valence-corrected chi connectivity index (χ0v) is 13.8. The minimum atomic E-state index is -0.360. The highest BCUT2D eigenvalue weighted by atomic mass is 19.1. The number of amides is 1. The van der Waals surface area contributed by atoms with Gasteiger partial charge in [0.2, 0.25) is 5.91 Å². The Labute approximate surface area is 141 Å². The first kappa shape index (κ1) is 17.3.